The van der Waals surface area contributed by atoms with Crippen LogP contribution in [-0.4, -0.2) is 71.1 Å². The molecular formula is C18H22N4O4. The van der Waals surface area contributed by atoms with E-state index in [-0.39, 0.29) is 5.91 Å². The van der Waals surface area contributed by atoms with Crippen LogP contribution in [0.3, 0.4) is 0 Å². The van der Waals surface area contributed by atoms with Gasteiger partial charge in [-0.2, -0.15) is 0 Å². The van der Waals surface area contributed by atoms with Crippen molar-refractivity contribution < 1.29 is 9.53 Å². The normalized spacial score (nSPS) is 21.4. The van der Waals surface area contributed by atoms with Crippen molar-refractivity contribution in [1.82, 2.24) is 19.8 Å². The number of hydrogen-bond donors (Lipinski definition) is 2. The smallest absolute Gasteiger partial charge is 0.314 e. The predicted octanol–water partition coefficient (Wildman–Crippen LogP) is 0.153. The van der Waals surface area contributed by atoms with E-state index in [4.69, 9.17) is 4.74 Å². The first-order valence-corrected chi connectivity index (χ1v) is 9.00. The highest BCUT2D eigenvalue weighted by atomic mass is 16.5. The van der Waals surface area contributed by atoms with Gasteiger partial charge in [0.1, 0.15) is 0 Å². The van der Waals surface area contributed by atoms with Crippen LogP contribution in [0.1, 0.15) is 23.2 Å². The molecule has 1 amide bonds. The first kappa shape index (κ1) is 17.0. The molecule has 2 aliphatic rings. The highest BCUT2D eigenvalue weighted by molar-refractivity contribution is 5.97. The molecule has 2 saturated heterocycles. The molecule has 0 spiro atoms. The summed E-state index contributed by atoms with van der Waals surface area (Å²) in [6, 6.07) is 4.94. The number of amides is 1. The number of fused-ring (bicyclic) bond motifs is 1. The Bertz CT molecular complexity index is 921. The number of aromatic amines is 2. The summed E-state index contributed by atoms with van der Waals surface area (Å²) in [6.45, 7) is 4.81. The van der Waals surface area contributed by atoms with Crippen molar-refractivity contribution in [1.29, 1.82) is 0 Å². The van der Waals surface area contributed by atoms with E-state index < -0.39 is 11.1 Å². The Morgan fingerprint density at radius 1 is 1.08 bits per heavy atom. The number of piperazine rings is 1. The molecule has 0 saturated carbocycles. The SMILES string of the molecule is O=C(c1ccc2[nH]c(=O)c(=O)[nH]c2c1)N1CCN(CC2CCCO2)CC1. The molecule has 3 heterocycles. The minimum Gasteiger partial charge on any atom is -0.377 e. The van der Waals surface area contributed by atoms with Gasteiger partial charge < -0.3 is 19.6 Å². The molecule has 1 aromatic carbocycles. The Morgan fingerprint density at radius 3 is 2.50 bits per heavy atom. The number of aromatic nitrogens is 2. The minimum atomic E-state index is -0.718. The zero-order chi connectivity index (χ0) is 18.1. The third kappa shape index (κ3) is 3.42. The number of nitrogens with one attached hydrogen (secondary N) is 2. The van der Waals surface area contributed by atoms with Gasteiger partial charge in [0.15, 0.2) is 0 Å². The second-order valence-corrected chi connectivity index (χ2v) is 6.90. The van der Waals surface area contributed by atoms with Gasteiger partial charge in [0.05, 0.1) is 17.1 Å². The lowest BCUT2D eigenvalue weighted by Crippen LogP contribution is -2.50. The molecule has 2 N–H and O–H groups in total. The molecule has 8 nitrogen and oxygen atoms in total. The number of carbonyl (C=O) groups is 1. The van der Waals surface area contributed by atoms with Gasteiger partial charge in [-0.1, -0.05) is 0 Å². The van der Waals surface area contributed by atoms with Crippen molar-refractivity contribution in [3.8, 4) is 0 Å². The monoisotopic (exact) mass is 358 g/mol. The van der Waals surface area contributed by atoms with Gasteiger partial charge in [0, 0.05) is 44.9 Å². The number of carbonyl (C=O) groups excluding carboxylic acids is 1. The number of rotatable bonds is 3. The number of benzene rings is 1. The van der Waals surface area contributed by atoms with Crippen molar-refractivity contribution >= 4 is 16.9 Å². The van der Waals surface area contributed by atoms with Crippen LogP contribution >= 0.6 is 0 Å². The zero-order valence-corrected chi connectivity index (χ0v) is 14.5. The van der Waals surface area contributed by atoms with Gasteiger partial charge >= 0.3 is 11.1 Å². The average molecular weight is 358 g/mol. The van der Waals surface area contributed by atoms with E-state index in [1.807, 2.05) is 4.90 Å². The molecule has 0 radical (unpaired) electrons. The fourth-order valence-corrected chi connectivity index (χ4v) is 3.64. The average Bonchev–Trinajstić information content (AvgIpc) is 3.15. The highest BCUT2D eigenvalue weighted by Crippen LogP contribution is 2.16. The van der Waals surface area contributed by atoms with E-state index in [9.17, 15) is 14.4 Å². The van der Waals surface area contributed by atoms with Crippen molar-refractivity contribution in [3.63, 3.8) is 0 Å². The topological polar surface area (TPSA) is 98.5 Å². The van der Waals surface area contributed by atoms with E-state index in [1.165, 1.54) is 0 Å². The fraction of sp³-hybridized carbons (Fsp3) is 0.500. The third-order valence-electron chi connectivity index (χ3n) is 5.11. The van der Waals surface area contributed by atoms with Crippen LogP contribution in [-0.2, 0) is 4.74 Å². The second-order valence-electron chi connectivity index (χ2n) is 6.90. The number of ether oxygens (including phenoxy) is 1. The lowest BCUT2D eigenvalue weighted by molar-refractivity contribution is 0.0433. The van der Waals surface area contributed by atoms with Gasteiger partial charge in [-0.15, -0.1) is 0 Å². The minimum absolute atomic E-state index is 0.0595. The molecule has 1 unspecified atom stereocenters. The predicted molar refractivity (Wildman–Crippen MR) is 96.5 cm³/mol. The lowest BCUT2D eigenvalue weighted by atomic mass is 10.1. The summed E-state index contributed by atoms with van der Waals surface area (Å²) in [4.78, 5) is 44.8. The summed E-state index contributed by atoms with van der Waals surface area (Å²) in [5.41, 5.74) is 0.0570. The Balaban J connectivity index is 1.43. The van der Waals surface area contributed by atoms with Crippen molar-refractivity contribution in [2.24, 2.45) is 0 Å². The molecule has 2 aliphatic heterocycles. The molecule has 138 valence electrons. The molecule has 2 aromatic rings. The molecule has 1 aromatic heterocycles. The lowest BCUT2D eigenvalue weighted by Gasteiger charge is -2.35. The van der Waals surface area contributed by atoms with Gasteiger partial charge in [-0.05, 0) is 31.0 Å². The van der Waals surface area contributed by atoms with E-state index in [0.29, 0.717) is 35.8 Å². The van der Waals surface area contributed by atoms with Crippen LogP contribution < -0.4 is 11.1 Å². The third-order valence-corrected chi connectivity index (χ3v) is 5.11. The molecule has 8 heteroatoms. The molecular weight excluding hydrogens is 336 g/mol. The zero-order valence-electron chi connectivity index (χ0n) is 14.5. The largest absolute Gasteiger partial charge is 0.377 e. The van der Waals surface area contributed by atoms with Gasteiger partial charge in [-0.25, -0.2) is 0 Å². The molecule has 2 fully saturated rings. The Morgan fingerprint density at radius 2 is 1.81 bits per heavy atom. The summed E-state index contributed by atoms with van der Waals surface area (Å²) >= 11 is 0. The van der Waals surface area contributed by atoms with Gasteiger partial charge in [0.2, 0.25) is 0 Å². The van der Waals surface area contributed by atoms with Crippen LogP contribution in [0.15, 0.2) is 27.8 Å². The summed E-state index contributed by atoms with van der Waals surface area (Å²) in [5, 5.41) is 0. The standard InChI is InChI=1S/C18H22N4O4/c23-16-17(24)20-15-10-12(3-4-14(15)19-16)18(25)22-7-5-21(6-8-22)11-13-2-1-9-26-13/h3-4,10,13H,1-2,5-9,11H2,(H,19,23)(H,20,24). The summed E-state index contributed by atoms with van der Waals surface area (Å²) in [7, 11) is 0. The quantitative estimate of drug-likeness (QED) is 0.762. The van der Waals surface area contributed by atoms with E-state index in [0.717, 1.165) is 39.1 Å². The molecule has 1 atom stereocenters. The maximum absolute atomic E-state index is 12.8. The highest BCUT2D eigenvalue weighted by Gasteiger charge is 2.25. The number of H-pyrrole nitrogens is 2. The Kier molecular flexibility index (Phi) is 4.60. The van der Waals surface area contributed by atoms with E-state index in [1.54, 1.807) is 18.2 Å². The number of nitrogens with zero attached hydrogens (tertiary/aromatic N) is 2. The second kappa shape index (κ2) is 7.05. The summed E-state index contributed by atoms with van der Waals surface area (Å²) in [5.74, 6) is -0.0595. The molecule has 26 heavy (non-hydrogen) atoms. The summed E-state index contributed by atoms with van der Waals surface area (Å²) < 4.78 is 5.68. The molecule has 0 aliphatic carbocycles. The first-order valence-electron chi connectivity index (χ1n) is 9.00. The van der Waals surface area contributed by atoms with Crippen molar-refractivity contribution in [2.45, 2.75) is 18.9 Å². The van der Waals surface area contributed by atoms with Crippen LogP contribution in [0.5, 0.6) is 0 Å². The van der Waals surface area contributed by atoms with Gasteiger partial charge in [-0.3, -0.25) is 19.3 Å². The summed E-state index contributed by atoms with van der Waals surface area (Å²) in [6.07, 6.45) is 2.59. The fourth-order valence-electron chi connectivity index (χ4n) is 3.64. The Hall–Kier alpha value is -2.45. The van der Waals surface area contributed by atoms with Crippen LogP contribution in [0.2, 0.25) is 0 Å². The molecule has 4 rings (SSSR count). The maximum atomic E-state index is 12.8. The van der Waals surface area contributed by atoms with Crippen molar-refractivity contribution in [3.05, 3.63) is 44.5 Å². The number of hydrogen-bond acceptors (Lipinski definition) is 5. The molecule has 0 bridgehead atoms. The van der Waals surface area contributed by atoms with Crippen LogP contribution in [0, 0.1) is 0 Å². The maximum Gasteiger partial charge on any atom is 0.314 e. The first-order chi connectivity index (χ1) is 12.6. The Labute approximate surface area is 149 Å². The van der Waals surface area contributed by atoms with Gasteiger partial charge in [0.25, 0.3) is 5.91 Å². The van der Waals surface area contributed by atoms with Crippen LogP contribution in [0.4, 0.5) is 0 Å². The van der Waals surface area contributed by atoms with E-state index >= 15 is 0 Å². The van der Waals surface area contributed by atoms with Crippen LogP contribution in [0.25, 0.3) is 11.0 Å². The van der Waals surface area contributed by atoms with Crippen molar-refractivity contribution in [2.75, 3.05) is 39.3 Å². The van der Waals surface area contributed by atoms with E-state index in [2.05, 4.69) is 14.9 Å².